The number of anilines is 3. The zero-order valence-corrected chi connectivity index (χ0v) is 12.4. The number of nitrogens with zero attached hydrogens (tertiary/aromatic N) is 4. The second-order valence-corrected chi connectivity index (χ2v) is 5.62. The van der Waals surface area contributed by atoms with Gasteiger partial charge in [-0.25, -0.2) is 0 Å². The molecule has 0 radical (unpaired) electrons. The molecule has 7 heteroatoms. The summed E-state index contributed by atoms with van der Waals surface area (Å²) in [6, 6.07) is 2.26. The third-order valence-electron chi connectivity index (χ3n) is 4.10. The molecule has 2 saturated heterocycles. The molecule has 1 atom stereocenters. The first-order chi connectivity index (χ1) is 10.2. The highest BCUT2D eigenvalue weighted by molar-refractivity contribution is 5.79. The lowest BCUT2D eigenvalue weighted by Crippen LogP contribution is -2.51. The van der Waals surface area contributed by atoms with Gasteiger partial charge in [0.2, 0.25) is 11.9 Å². The van der Waals surface area contributed by atoms with Gasteiger partial charge in [-0.1, -0.05) is 6.92 Å². The quantitative estimate of drug-likeness (QED) is 0.848. The predicted molar refractivity (Wildman–Crippen MR) is 82.2 cm³/mol. The van der Waals surface area contributed by atoms with Crippen LogP contribution < -0.4 is 16.0 Å². The molecule has 2 aliphatic heterocycles. The summed E-state index contributed by atoms with van der Waals surface area (Å²) in [5.74, 6) is 2.19. The topological polar surface area (TPSA) is 87.4 Å². The van der Waals surface area contributed by atoms with Gasteiger partial charge < -0.3 is 20.9 Å². The number of nitrogens with one attached hydrogen (secondary N) is 1. The zero-order chi connectivity index (χ0) is 14.8. The van der Waals surface area contributed by atoms with Gasteiger partial charge in [-0.2, -0.15) is 9.97 Å². The third-order valence-corrected chi connectivity index (χ3v) is 4.10. The minimum absolute atomic E-state index is 0.284. The Labute approximate surface area is 124 Å². The number of fused-ring (bicyclic) bond motifs is 1. The molecule has 0 aromatic carbocycles. The minimum Gasteiger partial charge on any atom is -0.370 e. The van der Waals surface area contributed by atoms with Crippen molar-refractivity contribution in [1.82, 2.24) is 14.9 Å². The number of nitrogens with two attached hydrogens (primary N) is 1. The van der Waals surface area contributed by atoms with Crippen molar-refractivity contribution in [3.8, 4) is 0 Å². The predicted octanol–water partition coefficient (Wildman–Crippen LogP) is 0.692. The molecule has 3 heterocycles. The number of aromatic nitrogens is 2. The van der Waals surface area contributed by atoms with Crippen molar-refractivity contribution in [2.45, 2.75) is 32.2 Å². The number of carbonyl (C=O) groups excluding carboxylic acids is 1. The van der Waals surface area contributed by atoms with Crippen molar-refractivity contribution in [1.29, 1.82) is 0 Å². The van der Waals surface area contributed by atoms with E-state index in [1.54, 1.807) is 0 Å². The van der Waals surface area contributed by atoms with Crippen LogP contribution in [0.4, 0.5) is 17.6 Å². The van der Waals surface area contributed by atoms with Crippen molar-refractivity contribution < 1.29 is 4.79 Å². The second-order valence-electron chi connectivity index (χ2n) is 5.62. The van der Waals surface area contributed by atoms with Gasteiger partial charge in [-0.15, -0.1) is 0 Å². The Morgan fingerprint density at radius 2 is 2.29 bits per heavy atom. The van der Waals surface area contributed by atoms with Crippen LogP contribution in [0, 0.1) is 0 Å². The molecule has 0 saturated carbocycles. The summed E-state index contributed by atoms with van der Waals surface area (Å²) in [5.41, 5.74) is 5.81. The molecule has 3 rings (SSSR count). The van der Waals surface area contributed by atoms with E-state index in [0.717, 1.165) is 50.7 Å². The largest absolute Gasteiger partial charge is 0.370 e. The van der Waals surface area contributed by atoms with Crippen molar-refractivity contribution in [3.63, 3.8) is 0 Å². The zero-order valence-electron chi connectivity index (χ0n) is 12.4. The third kappa shape index (κ3) is 2.86. The van der Waals surface area contributed by atoms with Crippen LogP contribution in [-0.4, -0.2) is 53.0 Å². The average Bonchev–Trinajstić information content (AvgIpc) is 2.85. The number of carbonyl (C=O) groups is 1. The summed E-state index contributed by atoms with van der Waals surface area (Å²) in [7, 11) is 0. The van der Waals surface area contributed by atoms with Gasteiger partial charge in [-0.3, -0.25) is 4.79 Å². The van der Waals surface area contributed by atoms with Crippen LogP contribution >= 0.6 is 0 Å². The smallest absolute Gasteiger partial charge is 0.223 e. The SMILES string of the molecule is CCCNc1cc(N2CCN3C(=O)CCC3C2)nc(N)n1. The summed E-state index contributed by atoms with van der Waals surface area (Å²) >= 11 is 0. The van der Waals surface area contributed by atoms with E-state index in [-0.39, 0.29) is 11.9 Å². The van der Waals surface area contributed by atoms with Crippen LogP contribution in [-0.2, 0) is 4.79 Å². The van der Waals surface area contributed by atoms with Crippen molar-refractivity contribution in [2.75, 3.05) is 42.1 Å². The highest BCUT2D eigenvalue weighted by atomic mass is 16.2. The van der Waals surface area contributed by atoms with E-state index in [4.69, 9.17) is 5.73 Å². The number of hydrogen-bond donors (Lipinski definition) is 2. The Bertz CT molecular complexity index is 534. The molecule has 0 aliphatic carbocycles. The van der Waals surface area contributed by atoms with E-state index < -0.39 is 0 Å². The highest BCUT2D eigenvalue weighted by Gasteiger charge is 2.35. The van der Waals surface area contributed by atoms with Crippen LogP contribution in [0.1, 0.15) is 26.2 Å². The van der Waals surface area contributed by atoms with Crippen LogP contribution in [0.2, 0.25) is 0 Å². The lowest BCUT2D eigenvalue weighted by molar-refractivity contribution is -0.129. The van der Waals surface area contributed by atoms with Gasteiger partial charge in [0.1, 0.15) is 11.6 Å². The van der Waals surface area contributed by atoms with Crippen LogP contribution in [0.15, 0.2) is 6.07 Å². The maximum atomic E-state index is 11.7. The van der Waals surface area contributed by atoms with E-state index in [1.165, 1.54) is 0 Å². The van der Waals surface area contributed by atoms with Crippen molar-refractivity contribution in [3.05, 3.63) is 6.07 Å². The first kappa shape index (κ1) is 13.9. The fraction of sp³-hybridized carbons (Fsp3) is 0.643. The standard InChI is InChI=1S/C14H22N6O/c1-2-5-16-11-8-12(18-14(15)17-11)19-6-7-20-10(9-19)3-4-13(20)21/h8,10H,2-7,9H2,1H3,(H3,15,16,17,18). The Kier molecular flexibility index (Phi) is 3.81. The molecule has 1 aromatic heterocycles. The molecule has 0 spiro atoms. The van der Waals surface area contributed by atoms with Gasteiger partial charge in [0.25, 0.3) is 0 Å². The summed E-state index contributed by atoms with van der Waals surface area (Å²) in [5, 5.41) is 3.25. The molecular formula is C14H22N6O. The van der Waals surface area contributed by atoms with E-state index in [0.29, 0.717) is 12.5 Å². The Balaban J connectivity index is 1.74. The Morgan fingerprint density at radius 3 is 3.10 bits per heavy atom. The maximum absolute atomic E-state index is 11.7. The van der Waals surface area contributed by atoms with Gasteiger partial charge >= 0.3 is 0 Å². The van der Waals surface area contributed by atoms with E-state index >= 15 is 0 Å². The van der Waals surface area contributed by atoms with Gasteiger partial charge in [0.05, 0.1) is 0 Å². The summed E-state index contributed by atoms with van der Waals surface area (Å²) in [6.07, 6.45) is 2.65. The van der Waals surface area contributed by atoms with Crippen LogP contribution in [0.25, 0.3) is 0 Å². The molecule has 2 fully saturated rings. The van der Waals surface area contributed by atoms with E-state index in [1.807, 2.05) is 11.0 Å². The fourth-order valence-electron chi connectivity index (χ4n) is 3.03. The second kappa shape index (κ2) is 5.75. The number of piperazine rings is 1. The monoisotopic (exact) mass is 290 g/mol. The summed E-state index contributed by atoms with van der Waals surface area (Å²) in [6.45, 7) is 5.36. The number of hydrogen-bond acceptors (Lipinski definition) is 6. The minimum atomic E-state index is 0.284. The molecule has 1 unspecified atom stereocenters. The van der Waals surface area contributed by atoms with Gasteiger partial charge in [-0.05, 0) is 12.8 Å². The van der Waals surface area contributed by atoms with E-state index in [2.05, 4.69) is 27.1 Å². The number of amides is 1. The number of nitrogen functional groups attached to an aromatic ring is 1. The molecule has 1 aromatic rings. The molecule has 21 heavy (non-hydrogen) atoms. The lowest BCUT2D eigenvalue weighted by Gasteiger charge is -2.38. The van der Waals surface area contributed by atoms with Gasteiger partial charge in [0.15, 0.2) is 0 Å². The molecular weight excluding hydrogens is 268 g/mol. The molecule has 0 bridgehead atoms. The summed E-state index contributed by atoms with van der Waals surface area (Å²) in [4.78, 5) is 24.5. The molecule has 7 nitrogen and oxygen atoms in total. The van der Waals surface area contributed by atoms with Crippen LogP contribution in [0.5, 0.6) is 0 Å². The average molecular weight is 290 g/mol. The lowest BCUT2D eigenvalue weighted by atomic mass is 10.1. The Hall–Kier alpha value is -2.05. The van der Waals surface area contributed by atoms with Crippen molar-refractivity contribution in [2.24, 2.45) is 0 Å². The summed E-state index contributed by atoms with van der Waals surface area (Å²) < 4.78 is 0. The molecule has 3 N–H and O–H groups in total. The molecule has 2 aliphatic rings. The van der Waals surface area contributed by atoms with Crippen LogP contribution in [0.3, 0.4) is 0 Å². The Morgan fingerprint density at radius 1 is 1.43 bits per heavy atom. The number of rotatable bonds is 4. The molecule has 1 amide bonds. The van der Waals surface area contributed by atoms with E-state index in [9.17, 15) is 4.79 Å². The first-order valence-corrected chi connectivity index (χ1v) is 7.60. The van der Waals surface area contributed by atoms with Crippen molar-refractivity contribution >= 4 is 23.5 Å². The maximum Gasteiger partial charge on any atom is 0.223 e. The fourth-order valence-corrected chi connectivity index (χ4v) is 3.03. The molecule has 114 valence electrons. The normalized spacial score (nSPS) is 21.6. The van der Waals surface area contributed by atoms with Gasteiger partial charge in [0, 0.05) is 44.7 Å². The first-order valence-electron chi connectivity index (χ1n) is 7.60. The highest BCUT2D eigenvalue weighted by Crippen LogP contribution is 2.26.